The van der Waals surface area contributed by atoms with E-state index in [-0.39, 0.29) is 37.9 Å². The summed E-state index contributed by atoms with van der Waals surface area (Å²) >= 11 is 0. The fourth-order valence-electron chi connectivity index (χ4n) is 4.81. The average molecular weight is 557 g/mol. The molecule has 40 heavy (non-hydrogen) atoms. The number of amides is 2. The largest absolute Gasteiger partial charge is 0.493 e. The number of aliphatic carboxylic acids is 1. The van der Waals surface area contributed by atoms with Gasteiger partial charge in [0.25, 0.3) is 0 Å². The molecule has 0 heterocycles. The highest BCUT2D eigenvalue weighted by Crippen LogP contribution is 2.37. The van der Waals surface area contributed by atoms with Gasteiger partial charge in [0.05, 0.1) is 38.6 Å². The fraction of sp³-hybridized carbons (Fsp3) is 0.500. The Labute approximate surface area is 235 Å². The van der Waals surface area contributed by atoms with Crippen molar-refractivity contribution in [2.75, 3.05) is 33.5 Å². The van der Waals surface area contributed by atoms with Crippen LogP contribution in [0.3, 0.4) is 0 Å². The van der Waals surface area contributed by atoms with Gasteiger partial charge in [0, 0.05) is 26.5 Å². The van der Waals surface area contributed by atoms with Crippen molar-refractivity contribution >= 4 is 17.8 Å². The molecule has 0 spiro atoms. The summed E-state index contributed by atoms with van der Waals surface area (Å²) in [6.07, 6.45) is 0.111. The molecule has 0 saturated heterocycles. The highest BCUT2D eigenvalue weighted by atomic mass is 16.5. The molecular weight excluding hydrogens is 516 g/mol. The lowest BCUT2D eigenvalue weighted by atomic mass is 9.74. The Morgan fingerprint density at radius 3 is 2.17 bits per heavy atom. The Bertz CT molecular complexity index is 1140. The lowest BCUT2D eigenvalue weighted by molar-refractivity contribution is -0.155. The van der Waals surface area contributed by atoms with Crippen molar-refractivity contribution in [2.45, 2.75) is 64.8 Å². The predicted molar refractivity (Wildman–Crippen MR) is 149 cm³/mol. The molecule has 218 valence electrons. The number of nitrogens with zero attached hydrogens (tertiary/aromatic N) is 1. The van der Waals surface area contributed by atoms with Crippen molar-refractivity contribution in [3.05, 3.63) is 59.2 Å². The number of benzene rings is 2. The van der Waals surface area contributed by atoms with E-state index >= 15 is 0 Å². The number of nitrogens with one attached hydrogen (secondary N) is 1. The lowest BCUT2D eigenvalue weighted by Crippen LogP contribution is -2.66. The summed E-state index contributed by atoms with van der Waals surface area (Å²) < 4.78 is 22.7. The minimum atomic E-state index is -1.41. The third-order valence-corrected chi connectivity index (χ3v) is 7.08. The van der Waals surface area contributed by atoms with Crippen LogP contribution in [0.2, 0.25) is 0 Å². The molecule has 0 unspecified atom stereocenters. The topological polar surface area (TPSA) is 124 Å². The average Bonchev–Trinajstić information content (AvgIpc) is 2.90. The molecule has 3 rings (SSSR count). The van der Waals surface area contributed by atoms with Crippen LogP contribution in [-0.2, 0) is 20.9 Å². The normalized spacial score (nSPS) is 18.8. The van der Waals surface area contributed by atoms with Crippen LogP contribution in [0.5, 0.6) is 11.5 Å². The number of Topliss-reactive ketones (excluding diaryl/α,β-unsaturated/α-hetero) is 1. The molecule has 2 aromatic rings. The van der Waals surface area contributed by atoms with Gasteiger partial charge in [-0.2, -0.15) is 0 Å². The number of rotatable bonds is 15. The molecule has 2 N–H and O–H groups in total. The van der Waals surface area contributed by atoms with Gasteiger partial charge in [0.2, 0.25) is 0 Å². The van der Waals surface area contributed by atoms with E-state index in [0.717, 1.165) is 5.56 Å². The van der Waals surface area contributed by atoms with Gasteiger partial charge in [0.1, 0.15) is 22.6 Å². The molecule has 0 radical (unpaired) electrons. The molecule has 10 nitrogen and oxygen atoms in total. The van der Waals surface area contributed by atoms with E-state index in [1.165, 1.54) is 18.9 Å². The maximum Gasteiger partial charge on any atom is 0.329 e. The molecule has 1 fully saturated rings. The van der Waals surface area contributed by atoms with Crippen LogP contribution in [-0.4, -0.2) is 72.9 Å². The molecule has 0 aliphatic heterocycles. The van der Waals surface area contributed by atoms with Crippen LogP contribution in [0.1, 0.15) is 68.1 Å². The molecule has 0 aromatic heterocycles. The van der Waals surface area contributed by atoms with Gasteiger partial charge in [0.15, 0.2) is 5.78 Å². The summed E-state index contributed by atoms with van der Waals surface area (Å²) in [6, 6.07) is 12.1. The monoisotopic (exact) mass is 556 g/mol. The van der Waals surface area contributed by atoms with Crippen molar-refractivity contribution in [2.24, 2.45) is 0 Å². The first-order valence-corrected chi connectivity index (χ1v) is 13.6. The number of ether oxygens (including phenoxy) is 4. The second-order valence-corrected chi connectivity index (χ2v) is 9.81. The number of carboxylic acid groups (broad SMARTS) is 1. The van der Waals surface area contributed by atoms with E-state index in [0.29, 0.717) is 42.4 Å². The maximum atomic E-state index is 13.7. The number of carbonyl (C=O) groups is 3. The van der Waals surface area contributed by atoms with Crippen LogP contribution < -0.4 is 14.8 Å². The fourth-order valence-corrected chi connectivity index (χ4v) is 4.81. The van der Waals surface area contributed by atoms with Crippen molar-refractivity contribution < 1.29 is 38.4 Å². The Morgan fingerprint density at radius 2 is 1.68 bits per heavy atom. The zero-order valence-electron chi connectivity index (χ0n) is 23.9. The first-order valence-electron chi connectivity index (χ1n) is 13.6. The quantitative estimate of drug-likeness (QED) is 0.241. The Balaban J connectivity index is 1.90. The molecule has 2 aromatic carbocycles. The molecule has 1 saturated carbocycles. The smallest absolute Gasteiger partial charge is 0.329 e. The number of carboxylic acids is 1. The maximum absolute atomic E-state index is 13.7. The van der Waals surface area contributed by atoms with E-state index in [4.69, 9.17) is 18.9 Å². The van der Waals surface area contributed by atoms with Gasteiger partial charge in [-0.05, 0) is 51.0 Å². The summed E-state index contributed by atoms with van der Waals surface area (Å²) in [5.41, 5.74) is 0.597. The number of ketones is 1. The number of hydrogen-bond donors (Lipinski definition) is 2. The third-order valence-electron chi connectivity index (χ3n) is 7.08. The van der Waals surface area contributed by atoms with Gasteiger partial charge in [-0.25, -0.2) is 9.59 Å². The summed E-state index contributed by atoms with van der Waals surface area (Å²) in [7, 11) is 1.52. The highest BCUT2D eigenvalue weighted by Gasteiger charge is 2.52. The molecular formula is C30H40N2O8. The van der Waals surface area contributed by atoms with Crippen LogP contribution in [0, 0.1) is 0 Å². The molecule has 10 heteroatoms. The SMILES string of the molecule is CCOc1cc([C@@H](C)N(CCOCc2ccccc2)C(=O)NC2(C(=O)O)CC(OC)C2)cc(OCC)c1C(C)=O. The Morgan fingerprint density at radius 1 is 1.07 bits per heavy atom. The van der Waals surface area contributed by atoms with Gasteiger partial charge in [-0.1, -0.05) is 30.3 Å². The zero-order chi connectivity index (χ0) is 29.3. The van der Waals surface area contributed by atoms with Crippen molar-refractivity contribution in [3.8, 4) is 11.5 Å². The molecule has 1 aliphatic rings. The molecule has 1 aliphatic carbocycles. The molecule has 2 amide bonds. The van der Waals surface area contributed by atoms with Crippen LogP contribution in [0.25, 0.3) is 0 Å². The summed E-state index contributed by atoms with van der Waals surface area (Å²) in [5.74, 6) is -0.568. The van der Waals surface area contributed by atoms with Crippen molar-refractivity contribution in [3.63, 3.8) is 0 Å². The Kier molecular flexibility index (Phi) is 10.9. The van der Waals surface area contributed by atoms with E-state index in [2.05, 4.69) is 5.32 Å². The van der Waals surface area contributed by atoms with Gasteiger partial charge in [-0.3, -0.25) is 4.79 Å². The summed E-state index contributed by atoms with van der Waals surface area (Å²) in [5, 5.41) is 12.7. The second-order valence-electron chi connectivity index (χ2n) is 9.81. The van der Waals surface area contributed by atoms with Gasteiger partial charge >= 0.3 is 12.0 Å². The minimum absolute atomic E-state index is 0.174. The van der Waals surface area contributed by atoms with E-state index in [1.807, 2.05) is 51.1 Å². The second kappa shape index (κ2) is 14.1. The van der Waals surface area contributed by atoms with Crippen molar-refractivity contribution in [1.29, 1.82) is 0 Å². The van der Waals surface area contributed by atoms with E-state index in [1.54, 1.807) is 12.1 Å². The van der Waals surface area contributed by atoms with Crippen LogP contribution in [0.15, 0.2) is 42.5 Å². The van der Waals surface area contributed by atoms with Gasteiger partial charge < -0.3 is 34.3 Å². The minimum Gasteiger partial charge on any atom is -0.493 e. The summed E-state index contributed by atoms with van der Waals surface area (Å²) in [6.45, 7) is 8.37. The van der Waals surface area contributed by atoms with Crippen LogP contribution in [0.4, 0.5) is 4.79 Å². The number of carbonyl (C=O) groups excluding carboxylic acids is 2. The Hall–Kier alpha value is -3.63. The molecule has 1 atom stereocenters. The van der Waals surface area contributed by atoms with E-state index < -0.39 is 23.6 Å². The van der Waals surface area contributed by atoms with E-state index in [9.17, 15) is 19.5 Å². The number of methoxy groups -OCH3 is 1. The standard InChI is InChI=1S/C30H40N2O8/c1-6-39-25-15-23(16-26(40-7-2)27(25)21(4)33)20(3)32(13-14-38-19-22-11-9-8-10-12-22)29(36)31-30(28(34)35)17-24(18-30)37-5/h8-12,15-16,20,24H,6-7,13-14,17-19H2,1-5H3,(H,31,36)(H,34,35)/t20-,24?,30?/m1/s1. The lowest BCUT2D eigenvalue weighted by Gasteiger charge is -2.45. The van der Waals surface area contributed by atoms with Crippen LogP contribution >= 0.6 is 0 Å². The third kappa shape index (κ3) is 7.31. The number of hydrogen-bond acceptors (Lipinski definition) is 7. The summed E-state index contributed by atoms with van der Waals surface area (Å²) in [4.78, 5) is 39.8. The first kappa shape index (κ1) is 30.9. The highest BCUT2D eigenvalue weighted by molar-refractivity contribution is 6.00. The first-order chi connectivity index (χ1) is 19.2. The number of urea groups is 1. The van der Waals surface area contributed by atoms with Crippen molar-refractivity contribution in [1.82, 2.24) is 10.2 Å². The van der Waals surface area contributed by atoms with Gasteiger partial charge in [-0.15, -0.1) is 0 Å². The molecule has 0 bridgehead atoms. The zero-order valence-corrected chi connectivity index (χ0v) is 23.9. The predicted octanol–water partition coefficient (Wildman–Crippen LogP) is 4.61.